The summed E-state index contributed by atoms with van der Waals surface area (Å²) in [6.45, 7) is 4.37. The van der Waals surface area contributed by atoms with Crippen LogP contribution in [-0.4, -0.2) is 38.2 Å². The fourth-order valence-corrected chi connectivity index (χ4v) is 3.40. The average molecular weight is 351 g/mol. The number of guanidine groups is 1. The van der Waals surface area contributed by atoms with Gasteiger partial charge in [-0.3, -0.25) is 4.99 Å². The predicted molar refractivity (Wildman–Crippen MR) is 92.0 cm³/mol. The Morgan fingerprint density at radius 1 is 1.33 bits per heavy atom. The molecule has 0 amide bonds. The van der Waals surface area contributed by atoms with Gasteiger partial charge >= 0.3 is 0 Å². The van der Waals surface area contributed by atoms with Gasteiger partial charge in [-0.15, -0.1) is 0 Å². The molecule has 1 aliphatic heterocycles. The van der Waals surface area contributed by atoms with Gasteiger partial charge in [0.2, 0.25) is 0 Å². The van der Waals surface area contributed by atoms with Gasteiger partial charge in [-0.2, -0.15) is 0 Å². The Bertz CT molecular complexity index is 531. The largest absolute Gasteiger partial charge is 0.368 e. The number of hydrogen-bond acceptors (Lipinski definition) is 2. The molecule has 0 bridgehead atoms. The first-order valence-corrected chi connectivity index (χ1v) is 8.46. The molecule has 3 atom stereocenters. The van der Waals surface area contributed by atoms with Crippen LogP contribution in [0.3, 0.4) is 0 Å². The first-order chi connectivity index (χ1) is 10.2. The monoisotopic (exact) mass is 350 g/mol. The molecule has 1 saturated heterocycles. The van der Waals surface area contributed by atoms with Gasteiger partial charge in [0, 0.05) is 36.7 Å². The van der Waals surface area contributed by atoms with E-state index in [1.807, 2.05) is 7.05 Å². The minimum absolute atomic E-state index is 0.456. The molecule has 1 aliphatic carbocycles. The number of aliphatic imine (C=N–C) groups is 1. The third-order valence-electron chi connectivity index (χ3n) is 4.38. The molecule has 114 valence electrons. The van der Waals surface area contributed by atoms with Gasteiger partial charge in [0.25, 0.3) is 0 Å². The fraction of sp³-hybridized carbons (Fsp3) is 0.562. The number of nitrogens with one attached hydrogen (secondary N) is 2. The summed E-state index contributed by atoms with van der Waals surface area (Å²) in [5.74, 6) is 1.73. The van der Waals surface area contributed by atoms with E-state index in [2.05, 4.69) is 67.6 Å². The molecule has 2 fully saturated rings. The van der Waals surface area contributed by atoms with Crippen LogP contribution in [0.1, 0.15) is 19.8 Å². The lowest BCUT2D eigenvalue weighted by Gasteiger charge is -2.21. The molecule has 0 aromatic heterocycles. The summed E-state index contributed by atoms with van der Waals surface area (Å²) in [7, 11) is 1.85. The minimum Gasteiger partial charge on any atom is -0.368 e. The number of anilines is 1. The summed E-state index contributed by atoms with van der Waals surface area (Å²) in [5, 5.41) is 7.05. The van der Waals surface area contributed by atoms with E-state index in [4.69, 9.17) is 0 Å². The summed E-state index contributed by atoms with van der Waals surface area (Å²) in [6.07, 6.45) is 2.40. The molecule has 2 N–H and O–H groups in total. The van der Waals surface area contributed by atoms with Crippen LogP contribution in [0, 0.1) is 5.92 Å². The van der Waals surface area contributed by atoms with Crippen LogP contribution >= 0.6 is 15.9 Å². The van der Waals surface area contributed by atoms with E-state index in [0.717, 1.165) is 31.4 Å². The molecule has 1 heterocycles. The van der Waals surface area contributed by atoms with Gasteiger partial charge in [0.1, 0.15) is 0 Å². The Morgan fingerprint density at radius 3 is 2.76 bits per heavy atom. The number of rotatable bonds is 3. The maximum absolute atomic E-state index is 4.35. The number of hydrogen-bond donors (Lipinski definition) is 2. The quantitative estimate of drug-likeness (QED) is 0.650. The van der Waals surface area contributed by atoms with E-state index in [1.165, 1.54) is 16.6 Å². The Hall–Kier alpha value is -1.23. The van der Waals surface area contributed by atoms with Crippen LogP contribution in [0.15, 0.2) is 33.7 Å². The fourth-order valence-electron chi connectivity index (χ4n) is 2.87. The maximum Gasteiger partial charge on any atom is 0.191 e. The highest BCUT2D eigenvalue weighted by atomic mass is 79.9. The first kappa shape index (κ1) is 14.7. The van der Waals surface area contributed by atoms with Crippen molar-refractivity contribution in [2.45, 2.75) is 31.8 Å². The van der Waals surface area contributed by atoms with Crippen LogP contribution < -0.4 is 15.5 Å². The summed E-state index contributed by atoms with van der Waals surface area (Å²) >= 11 is 3.64. The third-order valence-corrected chi connectivity index (χ3v) is 5.05. The molecule has 3 rings (SSSR count). The lowest BCUT2D eigenvalue weighted by Crippen LogP contribution is -2.45. The minimum atomic E-state index is 0.456. The van der Waals surface area contributed by atoms with Crippen molar-refractivity contribution < 1.29 is 0 Å². The molecule has 5 heteroatoms. The number of nitrogens with zero attached hydrogens (tertiary/aromatic N) is 2. The van der Waals surface area contributed by atoms with E-state index in [0.29, 0.717) is 12.1 Å². The smallest absolute Gasteiger partial charge is 0.191 e. The highest BCUT2D eigenvalue weighted by molar-refractivity contribution is 9.10. The van der Waals surface area contributed by atoms with Gasteiger partial charge in [0.05, 0.1) is 5.69 Å². The number of benzene rings is 1. The molecule has 1 saturated carbocycles. The molecule has 3 unspecified atom stereocenters. The molecule has 21 heavy (non-hydrogen) atoms. The van der Waals surface area contributed by atoms with Crippen molar-refractivity contribution in [3.8, 4) is 0 Å². The van der Waals surface area contributed by atoms with Crippen LogP contribution in [0.25, 0.3) is 0 Å². The first-order valence-electron chi connectivity index (χ1n) is 7.66. The van der Waals surface area contributed by atoms with Gasteiger partial charge < -0.3 is 15.5 Å². The van der Waals surface area contributed by atoms with Crippen molar-refractivity contribution in [3.05, 3.63) is 28.7 Å². The van der Waals surface area contributed by atoms with Crippen molar-refractivity contribution >= 4 is 27.6 Å². The highest BCUT2D eigenvalue weighted by Crippen LogP contribution is 2.30. The van der Waals surface area contributed by atoms with Crippen LogP contribution in [0.2, 0.25) is 0 Å². The van der Waals surface area contributed by atoms with E-state index in [-0.39, 0.29) is 0 Å². The Morgan fingerprint density at radius 2 is 2.10 bits per heavy atom. The Kier molecular flexibility index (Phi) is 4.38. The molecule has 4 nitrogen and oxygen atoms in total. The van der Waals surface area contributed by atoms with Gasteiger partial charge in [-0.1, -0.05) is 19.1 Å². The summed E-state index contributed by atoms with van der Waals surface area (Å²) in [6, 6.07) is 9.49. The summed E-state index contributed by atoms with van der Waals surface area (Å²) in [4.78, 5) is 6.77. The van der Waals surface area contributed by atoms with Gasteiger partial charge in [-0.05, 0) is 46.8 Å². The van der Waals surface area contributed by atoms with Crippen molar-refractivity contribution in [1.29, 1.82) is 0 Å². The number of halogens is 1. The van der Waals surface area contributed by atoms with Crippen molar-refractivity contribution in [2.24, 2.45) is 10.9 Å². The molecule has 2 aliphatic rings. The Balaban J connectivity index is 1.56. The second-order valence-electron chi connectivity index (χ2n) is 6.06. The zero-order chi connectivity index (χ0) is 14.8. The van der Waals surface area contributed by atoms with Gasteiger partial charge in [-0.25, -0.2) is 0 Å². The maximum atomic E-state index is 4.35. The standard InChI is InChI=1S/C16H23BrN4/c1-11-9-14(11)20-16(18-2)19-12-7-8-21(10-12)15-6-4-3-5-13(15)17/h3-6,11-12,14H,7-10H2,1-2H3,(H2,18,19,20). The normalized spacial score (nSPS) is 28.6. The Labute approximate surface area is 135 Å². The topological polar surface area (TPSA) is 39.7 Å². The van der Waals surface area contributed by atoms with Gasteiger partial charge in [0.15, 0.2) is 5.96 Å². The predicted octanol–water partition coefficient (Wildman–Crippen LogP) is 2.60. The van der Waals surface area contributed by atoms with Crippen molar-refractivity contribution in [2.75, 3.05) is 25.0 Å². The van der Waals surface area contributed by atoms with Crippen LogP contribution in [-0.2, 0) is 0 Å². The average Bonchev–Trinajstić information content (AvgIpc) is 2.99. The van der Waals surface area contributed by atoms with E-state index >= 15 is 0 Å². The van der Waals surface area contributed by atoms with Crippen molar-refractivity contribution in [3.63, 3.8) is 0 Å². The lowest BCUT2D eigenvalue weighted by molar-refractivity contribution is 0.643. The zero-order valence-electron chi connectivity index (χ0n) is 12.6. The molecule has 1 aromatic rings. The third kappa shape index (κ3) is 3.51. The second kappa shape index (κ2) is 6.26. The van der Waals surface area contributed by atoms with E-state index in [1.54, 1.807) is 0 Å². The van der Waals surface area contributed by atoms with Crippen LogP contribution in [0.5, 0.6) is 0 Å². The van der Waals surface area contributed by atoms with E-state index < -0.39 is 0 Å². The molecule has 0 spiro atoms. The molecular formula is C16H23BrN4. The zero-order valence-corrected chi connectivity index (χ0v) is 14.2. The number of para-hydroxylation sites is 1. The molecular weight excluding hydrogens is 328 g/mol. The summed E-state index contributed by atoms with van der Waals surface area (Å²) in [5.41, 5.74) is 1.28. The lowest BCUT2D eigenvalue weighted by atomic mass is 10.3. The molecule has 1 aromatic carbocycles. The van der Waals surface area contributed by atoms with Crippen molar-refractivity contribution in [1.82, 2.24) is 10.6 Å². The SMILES string of the molecule is CN=C(NC1CCN(c2ccccc2Br)C1)NC1CC1C. The second-order valence-corrected chi connectivity index (χ2v) is 6.92. The highest BCUT2D eigenvalue weighted by Gasteiger charge is 2.34. The van der Waals surface area contributed by atoms with Crippen LogP contribution in [0.4, 0.5) is 5.69 Å². The van der Waals surface area contributed by atoms with E-state index in [9.17, 15) is 0 Å². The summed E-state index contributed by atoms with van der Waals surface area (Å²) < 4.78 is 1.17. The molecule has 0 radical (unpaired) electrons.